The molecule has 1 aromatic heterocycles. The molecule has 1 saturated carbocycles. The quantitative estimate of drug-likeness (QED) is 0.184. The Morgan fingerprint density at radius 2 is 1.93 bits per heavy atom. The molecule has 2 atom stereocenters. The van der Waals surface area contributed by atoms with Crippen LogP contribution in [0.1, 0.15) is 55.8 Å². The molecular weight excluding hydrogens is 526 g/mol. The number of carboxylic acid groups (broad SMARTS) is 1. The third-order valence-corrected chi connectivity index (χ3v) is 8.35. The maximum atomic E-state index is 9.86. The van der Waals surface area contributed by atoms with Crippen molar-refractivity contribution in [3.05, 3.63) is 82.5 Å². The highest BCUT2D eigenvalue weighted by atomic mass is 35.5. The van der Waals surface area contributed by atoms with Crippen molar-refractivity contribution in [3.8, 4) is 5.75 Å². The zero-order valence-electron chi connectivity index (χ0n) is 22.7. The van der Waals surface area contributed by atoms with E-state index in [0.29, 0.717) is 0 Å². The number of aromatic nitrogens is 1. The molecule has 3 aromatic rings. The number of fused-ring (bicyclic) bond motifs is 3. The molecular formula is C32H38ClN3O4. The average Bonchev–Trinajstić information content (AvgIpc) is 3.61. The summed E-state index contributed by atoms with van der Waals surface area (Å²) in [4.78, 5) is 14.5. The van der Waals surface area contributed by atoms with Crippen LogP contribution in [-0.2, 0) is 16.0 Å². The van der Waals surface area contributed by atoms with Gasteiger partial charge in [0.05, 0.1) is 12.1 Å². The summed E-state index contributed by atoms with van der Waals surface area (Å²) in [6, 6.07) is 14.4. The smallest absolute Gasteiger partial charge is 0.290 e. The van der Waals surface area contributed by atoms with Crippen LogP contribution >= 0.6 is 11.6 Å². The molecule has 0 radical (unpaired) electrons. The second kappa shape index (κ2) is 13.4. The van der Waals surface area contributed by atoms with E-state index in [9.17, 15) is 5.11 Å². The van der Waals surface area contributed by atoms with Gasteiger partial charge in [-0.25, -0.2) is 0 Å². The molecule has 7 nitrogen and oxygen atoms in total. The molecule has 8 heteroatoms. The zero-order valence-corrected chi connectivity index (χ0v) is 23.4. The van der Waals surface area contributed by atoms with E-state index in [0.717, 1.165) is 61.2 Å². The SMILES string of the molecule is O=CO.Oc1ccc(N2CCc3c([nH]c4ccc(Cl)cc34)C2C2=CCC(OCCCNC3CCCC3)C=C2)cc1. The zero-order chi connectivity index (χ0) is 27.9. The number of aromatic hydroxyl groups is 1. The van der Waals surface area contributed by atoms with E-state index < -0.39 is 0 Å². The first kappa shape index (κ1) is 28.3. The first-order valence-electron chi connectivity index (χ1n) is 14.2. The van der Waals surface area contributed by atoms with Crippen LogP contribution in [0.5, 0.6) is 5.75 Å². The van der Waals surface area contributed by atoms with Crippen molar-refractivity contribution in [1.29, 1.82) is 0 Å². The highest BCUT2D eigenvalue weighted by molar-refractivity contribution is 6.31. The van der Waals surface area contributed by atoms with E-state index >= 15 is 0 Å². The Kier molecular flexibility index (Phi) is 9.47. The molecule has 40 heavy (non-hydrogen) atoms. The van der Waals surface area contributed by atoms with E-state index in [1.807, 2.05) is 18.2 Å². The molecule has 3 aliphatic rings. The van der Waals surface area contributed by atoms with E-state index in [1.54, 1.807) is 12.1 Å². The van der Waals surface area contributed by atoms with Gasteiger partial charge in [0.25, 0.3) is 6.47 Å². The van der Waals surface area contributed by atoms with Crippen LogP contribution in [-0.4, -0.2) is 53.5 Å². The minimum absolute atomic E-state index is 0.0623. The van der Waals surface area contributed by atoms with Crippen molar-refractivity contribution >= 4 is 34.7 Å². The summed E-state index contributed by atoms with van der Waals surface area (Å²) < 4.78 is 6.20. The number of phenols is 1. The lowest BCUT2D eigenvalue weighted by Crippen LogP contribution is -2.36. The van der Waals surface area contributed by atoms with Crippen LogP contribution in [0.15, 0.2) is 66.3 Å². The molecule has 6 rings (SSSR count). The topological polar surface area (TPSA) is 97.8 Å². The monoisotopic (exact) mass is 563 g/mol. The Balaban J connectivity index is 0.00000103. The number of hydrogen-bond donors (Lipinski definition) is 4. The number of hydrogen-bond acceptors (Lipinski definition) is 5. The summed E-state index contributed by atoms with van der Waals surface area (Å²) >= 11 is 6.36. The van der Waals surface area contributed by atoms with E-state index in [4.69, 9.17) is 26.2 Å². The molecule has 0 amide bonds. The molecule has 2 heterocycles. The second-order valence-electron chi connectivity index (χ2n) is 10.7. The number of phenolic OH excluding ortho intramolecular Hbond substituents is 1. The fourth-order valence-electron chi connectivity index (χ4n) is 6.22. The molecule has 1 aliphatic heterocycles. The summed E-state index contributed by atoms with van der Waals surface area (Å²) in [6.07, 6.45) is 15.2. The number of nitrogens with one attached hydrogen (secondary N) is 2. The molecule has 0 saturated heterocycles. The van der Waals surface area contributed by atoms with E-state index in [1.165, 1.54) is 47.9 Å². The van der Waals surface area contributed by atoms with Gasteiger partial charge in [0.1, 0.15) is 5.75 Å². The number of benzene rings is 2. The van der Waals surface area contributed by atoms with Crippen LogP contribution in [0.4, 0.5) is 5.69 Å². The minimum Gasteiger partial charge on any atom is -0.508 e. The van der Waals surface area contributed by atoms with Gasteiger partial charge >= 0.3 is 0 Å². The van der Waals surface area contributed by atoms with Crippen LogP contribution in [0.25, 0.3) is 10.9 Å². The normalized spacial score (nSPS) is 20.6. The number of halogens is 1. The lowest BCUT2D eigenvalue weighted by Gasteiger charge is -2.39. The fraction of sp³-hybridized carbons (Fsp3) is 0.406. The van der Waals surface area contributed by atoms with Gasteiger partial charge in [0.15, 0.2) is 0 Å². The highest BCUT2D eigenvalue weighted by Crippen LogP contribution is 2.42. The Morgan fingerprint density at radius 3 is 2.65 bits per heavy atom. The fourth-order valence-corrected chi connectivity index (χ4v) is 6.39. The second-order valence-corrected chi connectivity index (χ2v) is 11.1. The van der Waals surface area contributed by atoms with Crippen molar-refractivity contribution in [2.75, 3.05) is 24.6 Å². The Bertz CT molecular complexity index is 1340. The number of nitrogens with zero attached hydrogens (tertiary/aromatic N) is 1. The minimum atomic E-state index is -0.250. The number of carbonyl (C=O) groups is 1. The van der Waals surface area contributed by atoms with Gasteiger partial charge in [-0.15, -0.1) is 0 Å². The molecule has 2 aromatic carbocycles. The number of aromatic amines is 1. The standard InChI is InChI=1S/C31H36ClN3O2.CH2O2/c32-22-8-15-29-28(20-22)27-16-18-35(24-9-11-25(36)12-10-24)31(30(27)34-29)21-6-13-26(14-7-21)37-19-3-17-33-23-4-1-2-5-23;2-1-3/h6-13,15,20,23,26,31,33-34,36H,1-5,14,16-19H2;1H,(H,2,3). The molecule has 2 aliphatic carbocycles. The van der Waals surface area contributed by atoms with Crippen LogP contribution < -0.4 is 10.2 Å². The third kappa shape index (κ3) is 6.54. The maximum absolute atomic E-state index is 9.86. The van der Waals surface area contributed by atoms with Crippen molar-refractivity contribution in [1.82, 2.24) is 10.3 Å². The van der Waals surface area contributed by atoms with Crippen LogP contribution in [0, 0.1) is 0 Å². The molecule has 212 valence electrons. The largest absolute Gasteiger partial charge is 0.508 e. The van der Waals surface area contributed by atoms with Gasteiger partial charge in [-0.2, -0.15) is 0 Å². The first-order valence-corrected chi connectivity index (χ1v) is 14.6. The van der Waals surface area contributed by atoms with Crippen molar-refractivity contribution in [3.63, 3.8) is 0 Å². The lowest BCUT2D eigenvalue weighted by atomic mass is 9.89. The highest BCUT2D eigenvalue weighted by Gasteiger charge is 2.33. The molecule has 1 fully saturated rings. The van der Waals surface area contributed by atoms with Crippen molar-refractivity contribution < 1.29 is 19.7 Å². The lowest BCUT2D eigenvalue weighted by molar-refractivity contribution is -0.122. The Morgan fingerprint density at radius 1 is 1.15 bits per heavy atom. The average molecular weight is 564 g/mol. The van der Waals surface area contributed by atoms with Gasteiger partial charge < -0.3 is 30.2 Å². The van der Waals surface area contributed by atoms with Gasteiger partial charge in [-0.1, -0.05) is 42.7 Å². The predicted octanol–water partition coefficient (Wildman–Crippen LogP) is 6.53. The summed E-state index contributed by atoms with van der Waals surface area (Å²) in [5.41, 5.74) is 6.08. The first-order chi connectivity index (χ1) is 19.6. The number of ether oxygens (including phenoxy) is 1. The Labute approximate surface area is 240 Å². The summed E-state index contributed by atoms with van der Waals surface area (Å²) in [7, 11) is 0. The van der Waals surface area contributed by atoms with Crippen LogP contribution in [0.2, 0.25) is 5.02 Å². The summed E-state index contributed by atoms with van der Waals surface area (Å²) in [5.74, 6) is 0.286. The number of anilines is 1. The molecule has 4 N–H and O–H groups in total. The molecule has 0 bridgehead atoms. The summed E-state index contributed by atoms with van der Waals surface area (Å²) in [6.45, 7) is 2.47. The van der Waals surface area contributed by atoms with Crippen LogP contribution in [0.3, 0.4) is 0 Å². The van der Waals surface area contributed by atoms with Gasteiger partial charge in [-0.05, 0) is 92.2 Å². The number of H-pyrrole nitrogens is 1. The molecule has 2 unspecified atom stereocenters. The van der Waals surface area contributed by atoms with Gasteiger partial charge in [0.2, 0.25) is 0 Å². The predicted molar refractivity (Wildman–Crippen MR) is 160 cm³/mol. The number of rotatable bonds is 8. The van der Waals surface area contributed by atoms with E-state index in [2.05, 4.69) is 45.6 Å². The van der Waals surface area contributed by atoms with E-state index in [-0.39, 0.29) is 24.4 Å². The summed E-state index contributed by atoms with van der Waals surface area (Å²) in [5, 5.41) is 22.4. The van der Waals surface area contributed by atoms with Gasteiger partial charge in [-0.3, -0.25) is 4.79 Å². The maximum Gasteiger partial charge on any atom is 0.290 e. The third-order valence-electron chi connectivity index (χ3n) is 8.12. The van der Waals surface area contributed by atoms with Crippen molar-refractivity contribution in [2.45, 2.75) is 63.1 Å². The van der Waals surface area contributed by atoms with Gasteiger partial charge in [0, 0.05) is 46.5 Å². The van der Waals surface area contributed by atoms with Crippen molar-refractivity contribution in [2.24, 2.45) is 0 Å². The Hall–Kier alpha value is -3.26. The molecule has 0 spiro atoms.